The van der Waals surface area contributed by atoms with Crippen molar-refractivity contribution in [3.05, 3.63) is 35.4 Å². The monoisotopic (exact) mass is 561 g/mol. The zero-order chi connectivity index (χ0) is 23.4. The van der Waals surface area contributed by atoms with E-state index < -0.39 is 5.60 Å². The van der Waals surface area contributed by atoms with Crippen molar-refractivity contribution in [2.75, 3.05) is 40.3 Å². The number of hydrogen-bond donors (Lipinski definition) is 3. The summed E-state index contributed by atoms with van der Waals surface area (Å²) in [6.07, 6.45) is 0.443. The highest BCUT2D eigenvalue weighted by atomic mass is 127. The summed E-state index contributed by atoms with van der Waals surface area (Å²) in [5.74, 6) is 0.823. The molecule has 0 aliphatic carbocycles. The molecule has 3 N–H and O–H groups in total. The first-order valence-corrected chi connectivity index (χ1v) is 10.8. The lowest BCUT2D eigenvalue weighted by Crippen LogP contribution is -2.39. The number of aliphatic imine (C=N–C) groups is 1. The van der Waals surface area contributed by atoms with Crippen LogP contribution >= 0.6 is 24.0 Å². The Labute approximate surface area is 210 Å². The number of hydrogen-bond acceptors (Lipinski definition) is 4. The van der Waals surface area contributed by atoms with Gasteiger partial charge in [0.15, 0.2) is 5.96 Å². The number of guanidine groups is 1. The van der Waals surface area contributed by atoms with Gasteiger partial charge in [-0.3, -0.25) is 9.79 Å². The molecule has 0 aliphatic heterocycles. The Kier molecular flexibility index (Phi) is 14.0. The molecule has 0 fully saturated rings. The molecule has 1 aromatic carbocycles. The molecule has 32 heavy (non-hydrogen) atoms. The van der Waals surface area contributed by atoms with Crippen molar-refractivity contribution in [3.8, 4) is 0 Å². The lowest BCUT2D eigenvalue weighted by Gasteiger charge is -2.26. The number of ether oxygens (including phenoxy) is 1. The van der Waals surface area contributed by atoms with E-state index in [2.05, 4.69) is 27.9 Å². The van der Waals surface area contributed by atoms with Gasteiger partial charge in [-0.05, 0) is 57.7 Å². The second-order valence-electron chi connectivity index (χ2n) is 8.64. The number of nitrogens with zero attached hydrogens (tertiary/aromatic N) is 2. The van der Waals surface area contributed by atoms with Crippen molar-refractivity contribution in [1.29, 1.82) is 0 Å². The molecule has 0 aliphatic rings. The predicted octanol–water partition coefficient (Wildman–Crippen LogP) is 3.26. The molecule has 1 unspecified atom stereocenters. The summed E-state index contributed by atoms with van der Waals surface area (Å²) in [5.41, 5.74) is 1.23. The minimum Gasteiger partial charge on any atom is -0.444 e. The minimum absolute atomic E-state index is 0. The first-order valence-electron chi connectivity index (χ1n) is 10.8. The van der Waals surface area contributed by atoms with Crippen LogP contribution in [0.15, 0.2) is 29.3 Å². The van der Waals surface area contributed by atoms with Crippen LogP contribution in [0.1, 0.15) is 50.5 Å². The highest BCUT2D eigenvalue weighted by molar-refractivity contribution is 14.0. The van der Waals surface area contributed by atoms with Crippen LogP contribution in [0.2, 0.25) is 0 Å². The Hall–Kier alpha value is -2.04. The standard InChI is InChI=1S/C23H39N5O3.HI/c1-8-25-21(26-13-12-18-10-9-11-19(14-18)20(29)24-6)27-15-17(2)16-28(7)22(30)31-23(3,4)5;/h9-11,14,17H,8,12-13,15-16H2,1-7H3,(H,24,29)(H2,25,26,27);1H. The van der Waals surface area contributed by atoms with E-state index in [0.717, 1.165) is 24.5 Å². The average molecular weight is 562 g/mol. The SMILES string of the molecule is CCNC(=NCC(C)CN(C)C(=O)OC(C)(C)C)NCCc1cccc(C(=O)NC)c1.I. The summed E-state index contributed by atoms with van der Waals surface area (Å²) >= 11 is 0. The highest BCUT2D eigenvalue weighted by Gasteiger charge is 2.20. The van der Waals surface area contributed by atoms with E-state index in [4.69, 9.17) is 4.74 Å². The maximum Gasteiger partial charge on any atom is 0.410 e. The van der Waals surface area contributed by atoms with Gasteiger partial charge in [0.2, 0.25) is 0 Å². The fourth-order valence-electron chi connectivity index (χ4n) is 2.87. The summed E-state index contributed by atoms with van der Waals surface area (Å²) < 4.78 is 5.39. The fraction of sp³-hybridized carbons (Fsp3) is 0.609. The lowest BCUT2D eigenvalue weighted by atomic mass is 10.1. The molecular formula is C23H40IN5O3. The van der Waals surface area contributed by atoms with Crippen LogP contribution in [0.4, 0.5) is 4.79 Å². The molecule has 1 rings (SSSR count). The molecule has 0 bridgehead atoms. The van der Waals surface area contributed by atoms with Crippen LogP contribution in [-0.2, 0) is 11.2 Å². The van der Waals surface area contributed by atoms with Crippen molar-refractivity contribution in [3.63, 3.8) is 0 Å². The van der Waals surface area contributed by atoms with Gasteiger partial charge >= 0.3 is 6.09 Å². The van der Waals surface area contributed by atoms with Crippen LogP contribution < -0.4 is 16.0 Å². The number of amides is 2. The van der Waals surface area contributed by atoms with Crippen molar-refractivity contribution < 1.29 is 14.3 Å². The van der Waals surface area contributed by atoms with Gasteiger partial charge in [-0.1, -0.05) is 19.1 Å². The number of nitrogens with one attached hydrogen (secondary N) is 3. The van der Waals surface area contributed by atoms with E-state index in [1.807, 2.05) is 45.9 Å². The Morgan fingerprint density at radius 3 is 2.50 bits per heavy atom. The third-order valence-corrected chi connectivity index (χ3v) is 4.32. The molecule has 2 amide bonds. The molecular weight excluding hydrogens is 521 g/mol. The van der Waals surface area contributed by atoms with Crippen LogP contribution in [-0.4, -0.2) is 68.7 Å². The number of carbonyl (C=O) groups is 2. The summed E-state index contributed by atoms with van der Waals surface area (Å²) in [6.45, 7) is 12.2. The zero-order valence-electron chi connectivity index (χ0n) is 20.4. The van der Waals surface area contributed by atoms with Gasteiger partial charge in [-0.2, -0.15) is 0 Å². The Balaban J connectivity index is 0.00000961. The van der Waals surface area contributed by atoms with Gasteiger partial charge in [-0.15, -0.1) is 24.0 Å². The highest BCUT2D eigenvalue weighted by Crippen LogP contribution is 2.10. The molecule has 0 radical (unpaired) electrons. The lowest BCUT2D eigenvalue weighted by molar-refractivity contribution is 0.0278. The zero-order valence-corrected chi connectivity index (χ0v) is 22.8. The van der Waals surface area contributed by atoms with Gasteiger partial charge in [-0.25, -0.2) is 4.79 Å². The molecule has 9 heteroatoms. The first kappa shape index (κ1) is 30.0. The normalized spacial score (nSPS) is 12.3. The van der Waals surface area contributed by atoms with E-state index in [1.54, 1.807) is 25.1 Å². The van der Waals surface area contributed by atoms with Gasteiger partial charge in [0.1, 0.15) is 5.60 Å². The molecule has 0 heterocycles. The van der Waals surface area contributed by atoms with E-state index >= 15 is 0 Å². The topological polar surface area (TPSA) is 95.1 Å². The van der Waals surface area contributed by atoms with Crippen molar-refractivity contribution in [1.82, 2.24) is 20.9 Å². The molecule has 1 aromatic rings. The smallest absolute Gasteiger partial charge is 0.410 e. The minimum atomic E-state index is -0.505. The van der Waals surface area contributed by atoms with Gasteiger partial charge in [0.25, 0.3) is 5.91 Å². The maximum absolute atomic E-state index is 12.1. The third-order valence-electron chi connectivity index (χ3n) is 4.32. The Morgan fingerprint density at radius 1 is 1.22 bits per heavy atom. The van der Waals surface area contributed by atoms with Gasteiger partial charge < -0.3 is 25.6 Å². The number of benzene rings is 1. The fourth-order valence-corrected chi connectivity index (χ4v) is 2.87. The van der Waals surface area contributed by atoms with Gasteiger partial charge in [0.05, 0.1) is 0 Å². The molecule has 0 aromatic heterocycles. The largest absolute Gasteiger partial charge is 0.444 e. The number of halogens is 1. The summed E-state index contributed by atoms with van der Waals surface area (Å²) in [7, 11) is 3.37. The number of carbonyl (C=O) groups excluding carboxylic acids is 2. The number of rotatable bonds is 9. The molecule has 0 saturated carbocycles. The molecule has 0 spiro atoms. The Morgan fingerprint density at radius 2 is 1.91 bits per heavy atom. The third kappa shape index (κ3) is 12.1. The van der Waals surface area contributed by atoms with Crippen LogP contribution in [0, 0.1) is 5.92 Å². The predicted molar refractivity (Wildman–Crippen MR) is 141 cm³/mol. The van der Waals surface area contributed by atoms with Crippen LogP contribution in [0.5, 0.6) is 0 Å². The van der Waals surface area contributed by atoms with Crippen molar-refractivity contribution in [2.24, 2.45) is 10.9 Å². The van der Waals surface area contributed by atoms with E-state index in [0.29, 0.717) is 25.2 Å². The second-order valence-corrected chi connectivity index (χ2v) is 8.64. The molecule has 182 valence electrons. The van der Waals surface area contributed by atoms with E-state index in [-0.39, 0.29) is 41.9 Å². The Bertz CT molecular complexity index is 749. The van der Waals surface area contributed by atoms with E-state index in [1.165, 1.54) is 0 Å². The first-order chi connectivity index (χ1) is 14.6. The van der Waals surface area contributed by atoms with Crippen LogP contribution in [0.3, 0.4) is 0 Å². The maximum atomic E-state index is 12.1. The van der Waals surface area contributed by atoms with Crippen molar-refractivity contribution in [2.45, 2.75) is 46.6 Å². The summed E-state index contributed by atoms with van der Waals surface area (Å²) in [6, 6.07) is 7.60. The molecule has 8 nitrogen and oxygen atoms in total. The van der Waals surface area contributed by atoms with E-state index in [9.17, 15) is 9.59 Å². The second kappa shape index (κ2) is 14.9. The average Bonchev–Trinajstić information content (AvgIpc) is 2.70. The quantitative estimate of drug-likeness (QED) is 0.245. The summed E-state index contributed by atoms with van der Waals surface area (Å²) in [4.78, 5) is 30.1. The molecule has 1 atom stereocenters. The summed E-state index contributed by atoms with van der Waals surface area (Å²) in [5, 5.41) is 9.21. The van der Waals surface area contributed by atoms with Crippen molar-refractivity contribution >= 4 is 41.9 Å². The van der Waals surface area contributed by atoms with Gasteiger partial charge in [0, 0.05) is 45.8 Å². The molecule has 0 saturated heterocycles. The van der Waals surface area contributed by atoms with Crippen LogP contribution in [0.25, 0.3) is 0 Å².